The van der Waals surface area contributed by atoms with E-state index in [1.165, 1.54) is 4.68 Å². The summed E-state index contributed by atoms with van der Waals surface area (Å²) in [5.74, 6) is 0.408. The number of para-hydroxylation sites is 2. The molecule has 8 nitrogen and oxygen atoms in total. The molecule has 4 rings (SSSR count). The molecule has 1 aromatic carbocycles. The number of benzene rings is 1. The van der Waals surface area contributed by atoms with Crippen molar-refractivity contribution in [3.8, 4) is 0 Å². The van der Waals surface area contributed by atoms with Gasteiger partial charge in [-0.2, -0.15) is 9.78 Å². The average Bonchev–Trinajstić information content (AvgIpc) is 3.01. The molecule has 0 aliphatic carbocycles. The van der Waals surface area contributed by atoms with Crippen molar-refractivity contribution in [3.05, 3.63) is 59.9 Å². The summed E-state index contributed by atoms with van der Waals surface area (Å²) in [5.41, 5.74) is 9.77. The molecular weight excluding hydrogens is 378 g/mol. The van der Waals surface area contributed by atoms with Gasteiger partial charge in [-0.1, -0.05) is 26.0 Å². The summed E-state index contributed by atoms with van der Waals surface area (Å²) >= 11 is 0. The highest BCUT2D eigenvalue weighted by atomic mass is 16.1. The van der Waals surface area contributed by atoms with Gasteiger partial charge in [0.25, 0.3) is 5.91 Å². The van der Waals surface area contributed by atoms with Gasteiger partial charge in [-0.3, -0.25) is 9.78 Å². The van der Waals surface area contributed by atoms with Crippen molar-refractivity contribution in [1.82, 2.24) is 24.9 Å². The summed E-state index contributed by atoms with van der Waals surface area (Å²) in [6.45, 7) is 4.78. The summed E-state index contributed by atoms with van der Waals surface area (Å²) in [6.07, 6.45) is 5.88. The van der Waals surface area contributed by atoms with E-state index >= 15 is 0 Å². The minimum Gasteiger partial charge on any atom is -0.383 e. The average molecular weight is 401 g/mol. The molecule has 0 unspecified atom stereocenters. The van der Waals surface area contributed by atoms with E-state index in [0.29, 0.717) is 40.2 Å². The van der Waals surface area contributed by atoms with Crippen molar-refractivity contribution in [2.45, 2.75) is 20.3 Å². The predicted octanol–water partition coefficient (Wildman–Crippen LogP) is 3.22. The van der Waals surface area contributed by atoms with Crippen LogP contribution in [0.15, 0.2) is 53.9 Å². The van der Waals surface area contributed by atoms with Crippen molar-refractivity contribution < 1.29 is 4.79 Å². The first-order valence-corrected chi connectivity index (χ1v) is 9.84. The van der Waals surface area contributed by atoms with Gasteiger partial charge in [-0.15, -0.1) is 0 Å². The fraction of sp³-hybridized carbons (Fsp3) is 0.227. The number of anilines is 1. The molecule has 3 N–H and O–H groups in total. The Morgan fingerprint density at radius 3 is 2.57 bits per heavy atom. The van der Waals surface area contributed by atoms with Gasteiger partial charge >= 0.3 is 0 Å². The van der Waals surface area contributed by atoms with Crippen molar-refractivity contribution in [1.29, 1.82) is 0 Å². The Kier molecular flexibility index (Phi) is 5.38. The molecule has 4 aromatic rings. The first kappa shape index (κ1) is 19.5. The van der Waals surface area contributed by atoms with Crippen molar-refractivity contribution >= 4 is 40.1 Å². The van der Waals surface area contributed by atoms with Gasteiger partial charge in [-0.25, -0.2) is 9.97 Å². The lowest BCUT2D eigenvalue weighted by Gasteiger charge is -2.07. The first-order valence-electron chi connectivity index (χ1n) is 9.84. The van der Waals surface area contributed by atoms with Crippen LogP contribution >= 0.6 is 0 Å². The summed E-state index contributed by atoms with van der Waals surface area (Å²) in [6, 6.07) is 11.1. The maximum atomic E-state index is 13.0. The van der Waals surface area contributed by atoms with Gasteiger partial charge < -0.3 is 11.1 Å². The highest BCUT2D eigenvalue weighted by molar-refractivity contribution is 6.10. The Hall–Kier alpha value is -3.81. The highest BCUT2D eigenvalue weighted by Gasteiger charge is 2.23. The molecular formula is C22H23N7O. The molecule has 0 bridgehead atoms. The van der Waals surface area contributed by atoms with Crippen molar-refractivity contribution in [2.75, 3.05) is 12.3 Å². The van der Waals surface area contributed by atoms with E-state index in [-0.39, 0.29) is 11.7 Å². The maximum absolute atomic E-state index is 13.0. The largest absolute Gasteiger partial charge is 0.383 e. The van der Waals surface area contributed by atoms with Gasteiger partial charge in [0, 0.05) is 18.9 Å². The standard InChI is InChI=1S/C22H23N7O/c1-14(2)7-12-25-22(30)18-19-21(28-17-6-4-3-5-16(17)27-19)29(20(18)23)26-13-15-8-10-24-11-9-15/h3-6,8-11,13-14H,7,12,23H2,1-2H3,(H,25,30)/b26-13+. The molecule has 0 atom stereocenters. The third-order valence-electron chi connectivity index (χ3n) is 4.74. The summed E-state index contributed by atoms with van der Waals surface area (Å²) < 4.78 is 1.46. The Labute approximate surface area is 173 Å². The third kappa shape index (κ3) is 3.84. The second-order valence-electron chi connectivity index (χ2n) is 7.42. The van der Waals surface area contributed by atoms with Gasteiger partial charge in [0.2, 0.25) is 0 Å². The number of nitrogen functional groups attached to an aromatic ring is 1. The molecule has 0 spiro atoms. The van der Waals surface area contributed by atoms with Gasteiger partial charge in [0.15, 0.2) is 5.65 Å². The van der Waals surface area contributed by atoms with E-state index in [1.54, 1.807) is 18.6 Å². The minimum atomic E-state index is -0.277. The lowest BCUT2D eigenvalue weighted by Crippen LogP contribution is -2.26. The molecule has 0 aliphatic rings. The zero-order chi connectivity index (χ0) is 21.1. The fourth-order valence-corrected chi connectivity index (χ4v) is 3.12. The molecule has 0 radical (unpaired) electrons. The normalized spacial score (nSPS) is 11.7. The third-order valence-corrected chi connectivity index (χ3v) is 4.74. The lowest BCUT2D eigenvalue weighted by molar-refractivity contribution is 0.0954. The first-order chi connectivity index (χ1) is 14.5. The van der Waals surface area contributed by atoms with Crippen LogP contribution in [0.25, 0.3) is 22.2 Å². The number of fused-ring (bicyclic) bond motifs is 2. The number of carbonyl (C=O) groups excluding carboxylic acids is 1. The Morgan fingerprint density at radius 2 is 1.87 bits per heavy atom. The van der Waals surface area contributed by atoms with Crippen LogP contribution in [0.1, 0.15) is 36.2 Å². The van der Waals surface area contributed by atoms with E-state index in [2.05, 4.69) is 39.2 Å². The number of hydrogen-bond donors (Lipinski definition) is 2. The van der Waals surface area contributed by atoms with E-state index in [0.717, 1.165) is 12.0 Å². The number of carbonyl (C=O) groups is 1. The molecule has 0 fully saturated rings. The maximum Gasteiger partial charge on any atom is 0.257 e. The van der Waals surface area contributed by atoms with Crippen molar-refractivity contribution in [2.24, 2.45) is 11.0 Å². The Bertz CT molecular complexity index is 1230. The van der Waals surface area contributed by atoms with Crippen LogP contribution in [-0.2, 0) is 0 Å². The van der Waals surface area contributed by atoms with Gasteiger partial charge in [-0.05, 0) is 42.2 Å². The minimum absolute atomic E-state index is 0.202. The number of nitrogens with one attached hydrogen (secondary N) is 1. The molecule has 3 heterocycles. The van der Waals surface area contributed by atoms with Crippen LogP contribution in [0.2, 0.25) is 0 Å². The fourth-order valence-electron chi connectivity index (χ4n) is 3.12. The Balaban J connectivity index is 1.83. The molecule has 3 aromatic heterocycles. The number of hydrogen-bond acceptors (Lipinski definition) is 6. The SMILES string of the molecule is CC(C)CCNC(=O)c1c(N)n(/N=C/c2ccncc2)c2nc3ccccc3nc12. The highest BCUT2D eigenvalue weighted by Crippen LogP contribution is 2.27. The van der Waals surface area contributed by atoms with E-state index in [9.17, 15) is 4.79 Å². The monoisotopic (exact) mass is 401 g/mol. The zero-order valence-electron chi connectivity index (χ0n) is 16.9. The second-order valence-corrected chi connectivity index (χ2v) is 7.42. The number of nitrogens with zero attached hydrogens (tertiary/aromatic N) is 5. The number of nitrogens with two attached hydrogens (primary N) is 1. The van der Waals surface area contributed by atoms with Crippen LogP contribution in [0.3, 0.4) is 0 Å². The van der Waals surface area contributed by atoms with Gasteiger partial charge in [0.1, 0.15) is 16.9 Å². The van der Waals surface area contributed by atoms with Crippen LogP contribution in [0.4, 0.5) is 5.82 Å². The van der Waals surface area contributed by atoms with Crippen LogP contribution in [-0.4, -0.2) is 38.3 Å². The molecule has 8 heteroatoms. The van der Waals surface area contributed by atoms with Crippen molar-refractivity contribution in [3.63, 3.8) is 0 Å². The predicted molar refractivity (Wildman–Crippen MR) is 118 cm³/mol. The number of amides is 1. The van der Waals surface area contributed by atoms with E-state index < -0.39 is 0 Å². The molecule has 0 saturated heterocycles. The Morgan fingerprint density at radius 1 is 1.17 bits per heavy atom. The van der Waals surface area contributed by atoms with Gasteiger partial charge in [0.05, 0.1) is 17.2 Å². The summed E-state index contributed by atoms with van der Waals surface area (Å²) in [7, 11) is 0. The van der Waals surface area contributed by atoms with Crippen LogP contribution in [0, 0.1) is 5.92 Å². The lowest BCUT2D eigenvalue weighted by atomic mass is 10.1. The topological polar surface area (TPSA) is 111 Å². The molecule has 0 saturated carbocycles. The molecule has 1 amide bonds. The zero-order valence-corrected chi connectivity index (χ0v) is 16.9. The van der Waals surface area contributed by atoms with E-state index in [1.807, 2.05) is 36.4 Å². The number of rotatable bonds is 6. The number of aromatic nitrogens is 4. The molecule has 0 aliphatic heterocycles. The quantitative estimate of drug-likeness (QED) is 0.482. The smallest absolute Gasteiger partial charge is 0.257 e. The summed E-state index contributed by atoms with van der Waals surface area (Å²) in [4.78, 5) is 26.3. The molecule has 152 valence electrons. The number of pyridine rings is 1. The molecule has 30 heavy (non-hydrogen) atoms. The van der Waals surface area contributed by atoms with Crippen LogP contribution < -0.4 is 11.1 Å². The van der Waals surface area contributed by atoms with Crippen LogP contribution in [0.5, 0.6) is 0 Å². The second kappa shape index (κ2) is 8.28. The summed E-state index contributed by atoms with van der Waals surface area (Å²) in [5, 5.41) is 7.42. The van der Waals surface area contributed by atoms with E-state index in [4.69, 9.17) is 5.73 Å².